The Bertz CT molecular complexity index is 1160. The minimum absolute atomic E-state index is 0.265. The molecule has 156 valence electrons. The molecular formula is C23H22FN7. The lowest BCUT2D eigenvalue weighted by Gasteiger charge is -2.34. The Kier molecular flexibility index (Phi) is 5.37. The summed E-state index contributed by atoms with van der Waals surface area (Å²) < 4.78 is 13.3. The summed E-state index contributed by atoms with van der Waals surface area (Å²) in [4.78, 5) is 22.8. The van der Waals surface area contributed by atoms with E-state index in [-0.39, 0.29) is 5.82 Å². The summed E-state index contributed by atoms with van der Waals surface area (Å²) in [5, 5.41) is 4.25. The molecule has 1 aliphatic rings. The van der Waals surface area contributed by atoms with Gasteiger partial charge in [-0.3, -0.25) is 4.90 Å². The number of piperazine rings is 1. The standard InChI is InChI=1S/C23H22FN7/c24-17-6-8-18(9-7-17)27-22-19-4-1-2-5-20(19)28-21(29-22)16-30-12-14-31(15-13-30)23-25-10-3-11-26-23/h1-11H,12-16H2,(H,27,28,29). The average molecular weight is 415 g/mol. The van der Waals surface area contributed by atoms with Crippen LogP contribution in [0.4, 0.5) is 21.8 Å². The Morgan fingerprint density at radius 1 is 0.839 bits per heavy atom. The van der Waals surface area contributed by atoms with Crippen molar-refractivity contribution in [1.29, 1.82) is 0 Å². The third-order valence-corrected chi connectivity index (χ3v) is 5.33. The van der Waals surface area contributed by atoms with Gasteiger partial charge in [0.05, 0.1) is 12.1 Å². The molecular weight excluding hydrogens is 393 g/mol. The number of hydrogen-bond donors (Lipinski definition) is 1. The number of nitrogens with one attached hydrogen (secondary N) is 1. The number of nitrogens with zero attached hydrogens (tertiary/aromatic N) is 6. The predicted molar refractivity (Wildman–Crippen MR) is 119 cm³/mol. The van der Waals surface area contributed by atoms with Gasteiger partial charge in [-0.15, -0.1) is 0 Å². The zero-order chi connectivity index (χ0) is 21.0. The molecule has 2 aromatic heterocycles. The van der Waals surface area contributed by atoms with Crippen LogP contribution in [0.2, 0.25) is 0 Å². The molecule has 0 amide bonds. The van der Waals surface area contributed by atoms with Crippen molar-refractivity contribution < 1.29 is 4.39 Å². The summed E-state index contributed by atoms with van der Waals surface area (Å²) in [5.41, 5.74) is 1.67. The third kappa shape index (κ3) is 4.44. The second-order valence-electron chi connectivity index (χ2n) is 7.45. The van der Waals surface area contributed by atoms with Gasteiger partial charge in [0.25, 0.3) is 0 Å². The molecule has 0 radical (unpaired) electrons. The van der Waals surface area contributed by atoms with Crippen LogP contribution in [-0.4, -0.2) is 51.0 Å². The normalized spacial score (nSPS) is 14.7. The molecule has 31 heavy (non-hydrogen) atoms. The fraction of sp³-hybridized carbons (Fsp3) is 0.217. The van der Waals surface area contributed by atoms with Gasteiger partial charge in [-0.2, -0.15) is 0 Å². The molecule has 3 heterocycles. The lowest BCUT2D eigenvalue weighted by atomic mass is 10.2. The molecule has 1 aliphatic heterocycles. The van der Waals surface area contributed by atoms with E-state index in [1.54, 1.807) is 24.5 Å². The Balaban J connectivity index is 1.34. The van der Waals surface area contributed by atoms with Crippen molar-refractivity contribution >= 4 is 28.4 Å². The van der Waals surface area contributed by atoms with E-state index in [4.69, 9.17) is 9.97 Å². The number of hydrogen-bond acceptors (Lipinski definition) is 7. The van der Waals surface area contributed by atoms with Gasteiger partial charge >= 0.3 is 0 Å². The second kappa shape index (κ2) is 8.61. The SMILES string of the molecule is Fc1ccc(Nc2nc(CN3CCN(c4ncccn4)CC3)nc3ccccc23)cc1. The molecule has 1 N–H and O–H groups in total. The predicted octanol–water partition coefficient (Wildman–Crippen LogP) is 3.62. The summed E-state index contributed by atoms with van der Waals surface area (Å²) in [6.07, 6.45) is 3.54. The number of rotatable bonds is 5. The Morgan fingerprint density at radius 2 is 1.58 bits per heavy atom. The van der Waals surface area contributed by atoms with Crippen molar-refractivity contribution in [3.63, 3.8) is 0 Å². The van der Waals surface area contributed by atoms with Gasteiger partial charge < -0.3 is 10.2 Å². The fourth-order valence-corrected chi connectivity index (χ4v) is 3.72. The molecule has 7 nitrogen and oxygen atoms in total. The number of anilines is 3. The molecule has 0 spiro atoms. The van der Waals surface area contributed by atoms with Crippen LogP contribution >= 0.6 is 0 Å². The zero-order valence-electron chi connectivity index (χ0n) is 16.9. The van der Waals surface area contributed by atoms with E-state index in [0.717, 1.165) is 60.4 Å². The molecule has 1 fully saturated rings. The van der Waals surface area contributed by atoms with Crippen LogP contribution < -0.4 is 10.2 Å². The van der Waals surface area contributed by atoms with Crippen LogP contribution in [0.3, 0.4) is 0 Å². The number of halogens is 1. The Hall–Kier alpha value is -3.65. The van der Waals surface area contributed by atoms with Crippen molar-refractivity contribution in [2.45, 2.75) is 6.54 Å². The number of para-hydroxylation sites is 1. The van der Waals surface area contributed by atoms with Gasteiger partial charge in [0.2, 0.25) is 5.95 Å². The Labute approximate surface area is 179 Å². The van der Waals surface area contributed by atoms with Crippen LogP contribution in [-0.2, 0) is 6.54 Å². The van der Waals surface area contributed by atoms with Gasteiger partial charge in [-0.1, -0.05) is 12.1 Å². The second-order valence-corrected chi connectivity index (χ2v) is 7.45. The largest absolute Gasteiger partial charge is 0.340 e. The average Bonchev–Trinajstić information content (AvgIpc) is 2.82. The first-order valence-corrected chi connectivity index (χ1v) is 10.3. The molecule has 0 atom stereocenters. The molecule has 2 aromatic carbocycles. The molecule has 1 saturated heterocycles. The molecule has 0 bridgehead atoms. The highest BCUT2D eigenvalue weighted by atomic mass is 19.1. The Morgan fingerprint density at radius 3 is 2.35 bits per heavy atom. The highest BCUT2D eigenvalue weighted by molar-refractivity contribution is 5.90. The summed E-state index contributed by atoms with van der Waals surface area (Å²) >= 11 is 0. The highest BCUT2D eigenvalue weighted by Gasteiger charge is 2.20. The minimum atomic E-state index is -0.265. The lowest BCUT2D eigenvalue weighted by Crippen LogP contribution is -2.46. The third-order valence-electron chi connectivity index (χ3n) is 5.33. The van der Waals surface area contributed by atoms with E-state index >= 15 is 0 Å². The first kappa shape index (κ1) is 19.3. The first-order chi connectivity index (χ1) is 15.2. The van der Waals surface area contributed by atoms with Crippen LogP contribution in [0.25, 0.3) is 10.9 Å². The van der Waals surface area contributed by atoms with Crippen molar-refractivity contribution in [3.05, 3.63) is 78.6 Å². The maximum atomic E-state index is 13.3. The fourth-order valence-electron chi connectivity index (χ4n) is 3.72. The van der Waals surface area contributed by atoms with Gasteiger partial charge in [0, 0.05) is 49.6 Å². The molecule has 0 saturated carbocycles. The van der Waals surface area contributed by atoms with Gasteiger partial charge in [0.15, 0.2) is 0 Å². The van der Waals surface area contributed by atoms with E-state index < -0.39 is 0 Å². The monoisotopic (exact) mass is 415 g/mol. The molecule has 5 rings (SSSR count). The maximum Gasteiger partial charge on any atom is 0.225 e. The number of fused-ring (bicyclic) bond motifs is 1. The topological polar surface area (TPSA) is 70.1 Å². The zero-order valence-corrected chi connectivity index (χ0v) is 16.9. The maximum absolute atomic E-state index is 13.3. The number of aromatic nitrogens is 4. The smallest absolute Gasteiger partial charge is 0.225 e. The van der Waals surface area contributed by atoms with Gasteiger partial charge in [-0.25, -0.2) is 24.3 Å². The van der Waals surface area contributed by atoms with E-state index in [9.17, 15) is 4.39 Å². The van der Waals surface area contributed by atoms with E-state index in [1.165, 1.54) is 12.1 Å². The van der Waals surface area contributed by atoms with Gasteiger partial charge in [-0.05, 0) is 42.5 Å². The van der Waals surface area contributed by atoms with Crippen molar-refractivity contribution in [2.24, 2.45) is 0 Å². The van der Waals surface area contributed by atoms with Crippen molar-refractivity contribution in [3.8, 4) is 0 Å². The number of benzene rings is 2. The van der Waals surface area contributed by atoms with Crippen LogP contribution in [0.15, 0.2) is 67.0 Å². The minimum Gasteiger partial charge on any atom is -0.340 e. The summed E-state index contributed by atoms with van der Waals surface area (Å²) in [7, 11) is 0. The van der Waals surface area contributed by atoms with E-state index in [2.05, 4.69) is 25.1 Å². The van der Waals surface area contributed by atoms with E-state index in [0.29, 0.717) is 6.54 Å². The van der Waals surface area contributed by atoms with Crippen LogP contribution in [0.1, 0.15) is 5.82 Å². The summed E-state index contributed by atoms with van der Waals surface area (Å²) in [5.74, 6) is 1.99. The molecule has 0 unspecified atom stereocenters. The summed E-state index contributed by atoms with van der Waals surface area (Å²) in [6.45, 7) is 4.15. The van der Waals surface area contributed by atoms with Crippen LogP contribution in [0, 0.1) is 5.82 Å². The van der Waals surface area contributed by atoms with Crippen molar-refractivity contribution in [2.75, 3.05) is 36.4 Å². The molecule has 8 heteroatoms. The summed E-state index contributed by atoms with van der Waals surface area (Å²) in [6, 6.07) is 16.0. The lowest BCUT2D eigenvalue weighted by molar-refractivity contribution is 0.243. The first-order valence-electron chi connectivity index (χ1n) is 10.3. The highest BCUT2D eigenvalue weighted by Crippen LogP contribution is 2.24. The van der Waals surface area contributed by atoms with Gasteiger partial charge in [0.1, 0.15) is 17.5 Å². The van der Waals surface area contributed by atoms with Crippen LogP contribution in [0.5, 0.6) is 0 Å². The molecule has 4 aromatic rings. The van der Waals surface area contributed by atoms with E-state index in [1.807, 2.05) is 30.3 Å². The quantitative estimate of drug-likeness (QED) is 0.534. The van der Waals surface area contributed by atoms with Crippen molar-refractivity contribution in [1.82, 2.24) is 24.8 Å². The molecule has 0 aliphatic carbocycles.